The molecule has 0 spiro atoms. The standard InChI is InChI=1S/C36H45BrN4O7/c1-19-15-21(3)34(45)38-23(5)36(47)41(6)30(17-27-26-9-7-8-10-28(26)39-33(27)37)35(46)40-29(24-11-13-25(42)14-12-24)18-31(43)48-22(4)16-20(2)32(19)44/h7-14,20-23,29-30,32,39,42,44H,1,15-18H2,2-6H3,(H,38,45)(H,40,46)/t20-,21+,22+,23+,29-,30-,32-/m1/s1. The van der Waals surface area contributed by atoms with E-state index in [9.17, 15) is 29.4 Å². The minimum atomic E-state index is -1.06. The summed E-state index contributed by atoms with van der Waals surface area (Å²) in [6.45, 7) is 10.8. The van der Waals surface area contributed by atoms with Gasteiger partial charge in [0.05, 0.1) is 29.3 Å². The molecule has 2 aromatic carbocycles. The van der Waals surface area contributed by atoms with Crippen LogP contribution in [0, 0.1) is 11.8 Å². The first-order chi connectivity index (χ1) is 22.7. The zero-order chi connectivity index (χ0) is 35.3. The van der Waals surface area contributed by atoms with Crippen LogP contribution in [0.25, 0.3) is 10.9 Å². The van der Waals surface area contributed by atoms with Gasteiger partial charge in [0, 0.05) is 30.3 Å². The van der Waals surface area contributed by atoms with Crippen LogP contribution >= 0.6 is 15.9 Å². The number of amides is 3. The highest BCUT2D eigenvalue weighted by Gasteiger charge is 2.35. The Morgan fingerprint density at radius 1 is 0.958 bits per heavy atom. The van der Waals surface area contributed by atoms with Crippen LogP contribution < -0.4 is 10.6 Å². The molecular formula is C36H45BrN4O7. The molecule has 1 fully saturated rings. The fraction of sp³-hybridized carbons (Fsp3) is 0.444. The van der Waals surface area contributed by atoms with E-state index in [1.165, 1.54) is 24.1 Å². The van der Waals surface area contributed by atoms with Gasteiger partial charge >= 0.3 is 5.97 Å². The normalized spacial score (nSPS) is 27.4. The Balaban J connectivity index is 1.74. The number of nitrogens with zero attached hydrogens (tertiary/aromatic N) is 1. The molecule has 0 unspecified atom stereocenters. The molecule has 5 N–H and O–H groups in total. The average Bonchev–Trinajstić information content (AvgIpc) is 3.35. The van der Waals surface area contributed by atoms with E-state index in [1.807, 2.05) is 31.2 Å². The predicted octanol–water partition coefficient (Wildman–Crippen LogP) is 4.67. The van der Waals surface area contributed by atoms with Crippen molar-refractivity contribution in [1.82, 2.24) is 20.5 Å². The topological polar surface area (TPSA) is 161 Å². The number of aromatic hydroxyl groups is 1. The van der Waals surface area contributed by atoms with E-state index in [4.69, 9.17) is 4.74 Å². The second-order valence-corrected chi connectivity index (χ2v) is 13.7. The lowest BCUT2D eigenvalue weighted by Crippen LogP contribution is -2.55. The summed E-state index contributed by atoms with van der Waals surface area (Å²) in [7, 11) is 1.51. The molecule has 12 heteroatoms. The summed E-state index contributed by atoms with van der Waals surface area (Å²) in [6.07, 6.45) is -1.10. The first kappa shape index (κ1) is 36.7. The Labute approximate surface area is 289 Å². The van der Waals surface area contributed by atoms with E-state index in [0.29, 0.717) is 22.2 Å². The molecule has 48 heavy (non-hydrogen) atoms. The lowest BCUT2D eigenvalue weighted by atomic mass is 9.88. The number of carbonyl (C=O) groups excluding carboxylic acids is 4. The van der Waals surface area contributed by atoms with Crippen LogP contribution in [0.5, 0.6) is 5.75 Å². The quantitative estimate of drug-likeness (QED) is 0.194. The zero-order valence-corrected chi connectivity index (χ0v) is 29.5. The minimum Gasteiger partial charge on any atom is -0.508 e. The van der Waals surface area contributed by atoms with Crippen molar-refractivity contribution in [2.45, 2.75) is 83.7 Å². The molecule has 3 amide bonds. The van der Waals surface area contributed by atoms with Crippen LogP contribution in [0.1, 0.15) is 64.1 Å². The van der Waals surface area contributed by atoms with Gasteiger partial charge in [0.2, 0.25) is 17.7 Å². The number of phenolic OH excluding ortho intramolecular Hbond substituents is 1. The number of likely N-dealkylation sites (N-methyl/N-ethyl adjacent to an activating group) is 1. The summed E-state index contributed by atoms with van der Waals surface area (Å²) >= 11 is 3.58. The van der Waals surface area contributed by atoms with E-state index in [-0.39, 0.29) is 30.9 Å². The second-order valence-electron chi connectivity index (χ2n) is 12.9. The van der Waals surface area contributed by atoms with Crippen LogP contribution in [-0.4, -0.2) is 75.1 Å². The lowest BCUT2D eigenvalue weighted by molar-refractivity contribution is -0.150. The number of aliphatic hydroxyl groups is 1. The average molecular weight is 726 g/mol. The maximum Gasteiger partial charge on any atom is 0.308 e. The molecule has 4 rings (SSSR count). The number of phenols is 1. The third kappa shape index (κ3) is 8.84. The van der Waals surface area contributed by atoms with Gasteiger partial charge in [-0.1, -0.05) is 50.8 Å². The monoisotopic (exact) mass is 724 g/mol. The van der Waals surface area contributed by atoms with Crippen molar-refractivity contribution in [3.8, 4) is 5.75 Å². The number of aromatic amines is 1. The molecule has 1 saturated heterocycles. The molecule has 2 heterocycles. The molecular weight excluding hydrogens is 680 g/mol. The molecule has 0 bridgehead atoms. The number of rotatable bonds is 3. The molecule has 1 aromatic heterocycles. The number of para-hydroxylation sites is 1. The van der Waals surface area contributed by atoms with Crippen LogP contribution in [-0.2, 0) is 30.3 Å². The number of cyclic esters (lactones) is 1. The van der Waals surface area contributed by atoms with E-state index in [2.05, 4.69) is 38.1 Å². The number of hydrogen-bond acceptors (Lipinski definition) is 7. The van der Waals surface area contributed by atoms with Crippen molar-refractivity contribution >= 4 is 50.5 Å². The van der Waals surface area contributed by atoms with Gasteiger partial charge in [-0.2, -0.15) is 0 Å². The number of ether oxygens (including phenoxy) is 1. The minimum absolute atomic E-state index is 0.0178. The van der Waals surface area contributed by atoms with E-state index in [0.717, 1.165) is 16.5 Å². The first-order valence-corrected chi connectivity index (χ1v) is 16.9. The van der Waals surface area contributed by atoms with Gasteiger partial charge in [0.15, 0.2) is 0 Å². The SMILES string of the molecule is C=C1C[C@H](C)C(=O)N[C@@H](C)C(=O)N(C)[C@H](Cc2c(Br)[nH]c3ccccc23)C(=O)N[C@@H](c2ccc(O)cc2)CC(=O)O[C@@H](C)C[C@@H](C)[C@@H]1O. The molecule has 258 valence electrons. The highest BCUT2D eigenvalue weighted by atomic mass is 79.9. The largest absolute Gasteiger partial charge is 0.508 e. The zero-order valence-electron chi connectivity index (χ0n) is 28.0. The maximum atomic E-state index is 14.3. The molecule has 7 atom stereocenters. The van der Waals surface area contributed by atoms with Gasteiger partial charge in [-0.05, 0) is 83.4 Å². The van der Waals surface area contributed by atoms with Crippen LogP contribution in [0.4, 0.5) is 0 Å². The lowest BCUT2D eigenvalue weighted by Gasteiger charge is -2.31. The molecule has 1 aliphatic rings. The van der Waals surface area contributed by atoms with Crippen LogP contribution in [0.3, 0.4) is 0 Å². The fourth-order valence-electron chi connectivity index (χ4n) is 6.22. The van der Waals surface area contributed by atoms with Crippen molar-refractivity contribution in [3.05, 3.63) is 76.4 Å². The van der Waals surface area contributed by atoms with E-state index in [1.54, 1.807) is 32.9 Å². The number of esters is 1. The fourth-order valence-corrected chi connectivity index (χ4v) is 6.81. The van der Waals surface area contributed by atoms with Gasteiger partial charge in [-0.3, -0.25) is 19.2 Å². The summed E-state index contributed by atoms with van der Waals surface area (Å²) in [5, 5.41) is 27.5. The number of nitrogens with one attached hydrogen (secondary N) is 3. The number of aliphatic hydroxyl groups excluding tert-OH is 1. The number of H-pyrrole nitrogens is 1. The van der Waals surface area contributed by atoms with Crippen LogP contribution in [0.15, 0.2) is 65.3 Å². The van der Waals surface area contributed by atoms with Crippen molar-refractivity contribution in [3.63, 3.8) is 0 Å². The third-order valence-corrected chi connectivity index (χ3v) is 9.68. The molecule has 0 aliphatic carbocycles. The Bertz CT molecular complexity index is 1660. The highest BCUT2D eigenvalue weighted by Crippen LogP contribution is 2.30. The van der Waals surface area contributed by atoms with Gasteiger partial charge in [0.1, 0.15) is 17.8 Å². The molecule has 11 nitrogen and oxygen atoms in total. The molecule has 0 radical (unpaired) electrons. The van der Waals surface area contributed by atoms with E-state index >= 15 is 0 Å². The number of benzene rings is 2. The van der Waals surface area contributed by atoms with Crippen molar-refractivity contribution < 1.29 is 34.1 Å². The Hall–Kier alpha value is -4.16. The maximum absolute atomic E-state index is 14.3. The van der Waals surface area contributed by atoms with Gasteiger partial charge in [-0.25, -0.2) is 0 Å². The van der Waals surface area contributed by atoms with Crippen molar-refractivity contribution in [2.24, 2.45) is 11.8 Å². The highest BCUT2D eigenvalue weighted by molar-refractivity contribution is 9.10. The van der Waals surface area contributed by atoms with Gasteiger partial charge in [0.25, 0.3) is 0 Å². The van der Waals surface area contributed by atoms with Crippen molar-refractivity contribution in [2.75, 3.05) is 7.05 Å². The smallest absolute Gasteiger partial charge is 0.308 e. The number of halogens is 1. The van der Waals surface area contributed by atoms with Crippen molar-refractivity contribution in [1.29, 1.82) is 0 Å². The Kier molecular flexibility index (Phi) is 12.1. The van der Waals surface area contributed by atoms with Gasteiger partial charge in [-0.15, -0.1) is 0 Å². The summed E-state index contributed by atoms with van der Waals surface area (Å²) < 4.78 is 6.39. The Morgan fingerprint density at radius 2 is 1.62 bits per heavy atom. The van der Waals surface area contributed by atoms with Gasteiger partial charge < -0.3 is 35.5 Å². The number of carbonyl (C=O) groups is 4. The molecule has 3 aromatic rings. The number of hydrogen-bond donors (Lipinski definition) is 5. The number of fused-ring (bicyclic) bond motifs is 1. The van der Waals surface area contributed by atoms with Crippen LogP contribution in [0.2, 0.25) is 0 Å². The number of aromatic nitrogens is 1. The third-order valence-electron chi connectivity index (χ3n) is 9.00. The summed E-state index contributed by atoms with van der Waals surface area (Å²) in [4.78, 5) is 59.2. The Morgan fingerprint density at radius 3 is 2.31 bits per heavy atom. The predicted molar refractivity (Wildman–Crippen MR) is 186 cm³/mol. The second kappa shape index (κ2) is 15.8. The first-order valence-electron chi connectivity index (χ1n) is 16.1. The summed E-state index contributed by atoms with van der Waals surface area (Å²) in [5.74, 6) is -2.89. The summed E-state index contributed by atoms with van der Waals surface area (Å²) in [6, 6.07) is 10.8. The summed E-state index contributed by atoms with van der Waals surface area (Å²) in [5.41, 5.74) is 2.63. The molecule has 0 saturated carbocycles. The molecule has 1 aliphatic heterocycles. The van der Waals surface area contributed by atoms with E-state index < -0.39 is 59.9 Å².